The quantitative estimate of drug-likeness (QED) is 0.521. The summed E-state index contributed by atoms with van der Waals surface area (Å²) in [5.41, 5.74) is 3.83. The largest absolute Gasteiger partial charge is 0.465 e. The number of rotatable bonds is 3. The van der Waals surface area contributed by atoms with Gasteiger partial charge in [0.25, 0.3) is 5.89 Å². The second-order valence-corrected chi connectivity index (χ2v) is 5.82. The van der Waals surface area contributed by atoms with Gasteiger partial charge in [-0.25, -0.2) is 4.79 Å². The first-order valence-corrected chi connectivity index (χ1v) is 8.05. The third-order valence-corrected chi connectivity index (χ3v) is 4.06. The number of hydrogen-bond donors (Lipinski definition) is 0. The van der Waals surface area contributed by atoms with E-state index in [1.54, 1.807) is 24.3 Å². The van der Waals surface area contributed by atoms with E-state index in [-0.39, 0.29) is 5.97 Å². The van der Waals surface area contributed by atoms with Crippen LogP contribution >= 0.6 is 0 Å². The van der Waals surface area contributed by atoms with Crippen molar-refractivity contribution < 1.29 is 14.1 Å². The minimum Gasteiger partial charge on any atom is -0.465 e. The van der Waals surface area contributed by atoms with Crippen LogP contribution < -0.4 is 0 Å². The van der Waals surface area contributed by atoms with Crippen LogP contribution in [0.5, 0.6) is 0 Å². The zero-order chi connectivity index (χ0) is 18.1. The summed E-state index contributed by atoms with van der Waals surface area (Å²) in [6, 6.07) is 16.6. The Bertz CT molecular complexity index is 1100. The molecule has 0 aliphatic heterocycles. The number of ether oxygens (including phenoxy) is 1. The van der Waals surface area contributed by atoms with Crippen molar-refractivity contribution in [2.24, 2.45) is 0 Å². The second kappa shape index (κ2) is 6.40. The van der Waals surface area contributed by atoms with E-state index >= 15 is 0 Å². The van der Waals surface area contributed by atoms with Crippen LogP contribution in [0.15, 0.2) is 59.1 Å². The van der Waals surface area contributed by atoms with Crippen LogP contribution in [-0.4, -0.2) is 28.2 Å². The smallest absolute Gasteiger partial charge is 0.337 e. The topological polar surface area (TPSA) is 78.1 Å². The van der Waals surface area contributed by atoms with Crippen LogP contribution in [0.25, 0.3) is 33.7 Å². The lowest BCUT2D eigenvalue weighted by atomic mass is 10.1. The molecule has 0 unspecified atom stereocenters. The van der Waals surface area contributed by atoms with E-state index in [1.165, 1.54) is 7.11 Å². The Balaban J connectivity index is 1.74. The van der Waals surface area contributed by atoms with Crippen molar-refractivity contribution in [1.82, 2.24) is 15.1 Å². The van der Waals surface area contributed by atoms with Gasteiger partial charge in [-0.3, -0.25) is 4.98 Å². The molecule has 6 heteroatoms. The van der Waals surface area contributed by atoms with Gasteiger partial charge in [0.1, 0.15) is 0 Å². The maximum atomic E-state index is 11.5. The van der Waals surface area contributed by atoms with E-state index in [9.17, 15) is 4.79 Å². The van der Waals surface area contributed by atoms with Crippen molar-refractivity contribution in [3.63, 3.8) is 0 Å². The molecule has 0 N–H and O–H groups in total. The fourth-order valence-electron chi connectivity index (χ4n) is 2.81. The number of nitrogens with zero attached hydrogens (tertiary/aromatic N) is 3. The van der Waals surface area contributed by atoms with Gasteiger partial charge in [0.15, 0.2) is 0 Å². The number of carbonyl (C=O) groups excluding carboxylic acids is 1. The number of esters is 1. The van der Waals surface area contributed by atoms with E-state index < -0.39 is 0 Å². The van der Waals surface area contributed by atoms with Crippen molar-refractivity contribution in [2.45, 2.75) is 6.92 Å². The normalized spacial score (nSPS) is 10.8. The number of pyridine rings is 1. The monoisotopic (exact) mass is 345 g/mol. The highest BCUT2D eigenvalue weighted by molar-refractivity contribution is 5.93. The van der Waals surface area contributed by atoms with Crippen molar-refractivity contribution in [3.05, 3.63) is 65.9 Å². The Labute approximate surface area is 149 Å². The van der Waals surface area contributed by atoms with Crippen molar-refractivity contribution in [1.29, 1.82) is 0 Å². The summed E-state index contributed by atoms with van der Waals surface area (Å²) in [4.78, 5) is 20.6. The fourth-order valence-corrected chi connectivity index (χ4v) is 2.81. The standard InChI is InChI=1S/C20H15N3O3/c1-12-11-16(15-5-3-4-6-17(15)21-12)18-22-19(26-23-18)13-7-9-14(10-8-13)20(24)25-2/h3-11H,1-2H3. The molecule has 2 aromatic heterocycles. The predicted octanol–water partition coefficient (Wildman–Crippen LogP) is 4.05. The maximum Gasteiger partial charge on any atom is 0.337 e. The van der Waals surface area contributed by atoms with Crippen molar-refractivity contribution >= 4 is 16.9 Å². The maximum absolute atomic E-state index is 11.5. The van der Waals surface area contributed by atoms with Crippen molar-refractivity contribution in [3.8, 4) is 22.8 Å². The molecular weight excluding hydrogens is 330 g/mol. The number of hydrogen-bond acceptors (Lipinski definition) is 6. The molecule has 128 valence electrons. The summed E-state index contributed by atoms with van der Waals surface area (Å²) in [6.07, 6.45) is 0. The molecule has 6 nitrogen and oxygen atoms in total. The molecule has 0 aliphatic rings. The Morgan fingerprint density at radius 1 is 1.04 bits per heavy atom. The first kappa shape index (κ1) is 16.0. The summed E-state index contributed by atoms with van der Waals surface area (Å²) in [5.74, 6) is 0.496. The fraction of sp³-hybridized carbons (Fsp3) is 0.100. The van der Waals surface area contributed by atoms with E-state index in [0.717, 1.165) is 27.7 Å². The molecule has 2 heterocycles. The molecule has 0 saturated heterocycles. The van der Waals surface area contributed by atoms with E-state index in [4.69, 9.17) is 9.26 Å². The van der Waals surface area contributed by atoms with Crippen LogP contribution in [0.3, 0.4) is 0 Å². The molecule has 0 amide bonds. The number of benzene rings is 2. The Kier molecular flexibility index (Phi) is 3.93. The van der Waals surface area contributed by atoms with Gasteiger partial charge in [-0.05, 0) is 43.3 Å². The van der Waals surface area contributed by atoms with Gasteiger partial charge < -0.3 is 9.26 Å². The van der Waals surface area contributed by atoms with Gasteiger partial charge in [0.2, 0.25) is 5.82 Å². The second-order valence-electron chi connectivity index (χ2n) is 5.82. The molecule has 4 aromatic rings. The summed E-state index contributed by atoms with van der Waals surface area (Å²) in [5, 5.41) is 5.09. The molecule has 0 radical (unpaired) electrons. The van der Waals surface area contributed by atoms with Gasteiger partial charge in [-0.15, -0.1) is 0 Å². The van der Waals surface area contributed by atoms with Gasteiger partial charge in [-0.1, -0.05) is 23.4 Å². The molecule has 0 fully saturated rings. The van der Waals surface area contributed by atoms with Gasteiger partial charge in [-0.2, -0.15) is 4.98 Å². The number of aromatic nitrogens is 3. The molecule has 4 rings (SSSR count). The zero-order valence-corrected chi connectivity index (χ0v) is 14.3. The summed E-state index contributed by atoms with van der Waals surface area (Å²) < 4.78 is 10.1. The van der Waals surface area contributed by atoms with Crippen LogP contribution in [0, 0.1) is 6.92 Å². The number of para-hydroxylation sites is 1. The molecular formula is C20H15N3O3. The highest BCUT2D eigenvalue weighted by atomic mass is 16.5. The number of fused-ring (bicyclic) bond motifs is 1. The summed E-state index contributed by atoms with van der Waals surface area (Å²) >= 11 is 0. The summed E-state index contributed by atoms with van der Waals surface area (Å²) in [6.45, 7) is 1.93. The Morgan fingerprint density at radius 2 is 1.81 bits per heavy atom. The third kappa shape index (κ3) is 2.82. The van der Waals surface area contributed by atoms with Gasteiger partial charge in [0, 0.05) is 22.2 Å². The molecule has 0 atom stereocenters. The highest BCUT2D eigenvalue weighted by Gasteiger charge is 2.15. The average molecular weight is 345 g/mol. The number of aryl methyl sites for hydroxylation is 1. The first-order chi connectivity index (χ1) is 12.7. The lowest BCUT2D eigenvalue weighted by Gasteiger charge is -2.03. The SMILES string of the molecule is COC(=O)c1ccc(-c2nc(-c3cc(C)nc4ccccc34)no2)cc1. The molecule has 0 bridgehead atoms. The van der Waals surface area contributed by atoms with Crippen LogP contribution in [0.1, 0.15) is 16.1 Å². The van der Waals surface area contributed by atoms with E-state index in [2.05, 4.69) is 15.1 Å². The number of methoxy groups -OCH3 is 1. The zero-order valence-electron chi connectivity index (χ0n) is 14.3. The van der Waals surface area contributed by atoms with Gasteiger partial charge in [0.05, 0.1) is 18.2 Å². The molecule has 0 aliphatic carbocycles. The predicted molar refractivity (Wildman–Crippen MR) is 96.5 cm³/mol. The van der Waals surface area contributed by atoms with Crippen molar-refractivity contribution in [2.75, 3.05) is 7.11 Å². The molecule has 2 aromatic carbocycles. The number of carbonyl (C=O) groups is 1. The minimum atomic E-state index is -0.388. The first-order valence-electron chi connectivity index (χ1n) is 8.05. The minimum absolute atomic E-state index is 0.384. The summed E-state index contributed by atoms with van der Waals surface area (Å²) in [7, 11) is 1.35. The molecule has 0 spiro atoms. The van der Waals surface area contributed by atoms with Crippen LogP contribution in [-0.2, 0) is 4.74 Å². The third-order valence-electron chi connectivity index (χ3n) is 4.06. The van der Waals surface area contributed by atoms with Crippen LogP contribution in [0.4, 0.5) is 0 Å². The van der Waals surface area contributed by atoms with E-state index in [1.807, 2.05) is 37.3 Å². The highest BCUT2D eigenvalue weighted by Crippen LogP contribution is 2.28. The average Bonchev–Trinajstić information content (AvgIpc) is 3.17. The molecule has 0 saturated carbocycles. The Hall–Kier alpha value is -3.54. The van der Waals surface area contributed by atoms with Gasteiger partial charge >= 0.3 is 5.97 Å². The van der Waals surface area contributed by atoms with Crippen LogP contribution in [0.2, 0.25) is 0 Å². The lowest BCUT2D eigenvalue weighted by molar-refractivity contribution is 0.0600. The lowest BCUT2D eigenvalue weighted by Crippen LogP contribution is -2.00. The molecule has 26 heavy (non-hydrogen) atoms. The van der Waals surface area contributed by atoms with E-state index in [0.29, 0.717) is 17.3 Å². The Morgan fingerprint density at radius 3 is 2.58 bits per heavy atom.